The number of carbonyl (C=O) groups excluding carboxylic acids is 1. The van der Waals surface area contributed by atoms with E-state index < -0.39 is 15.3 Å². The number of nitrogens with zero attached hydrogens (tertiary/aromatic N) is 2. The highest BCUT2D eigenvalue weighted by molar-refractivity contribution is 7.93. The zero-order valence-electron chi connectivity index (χ0n) is 14.5. The molecule has 1 atom stereocenters. The number of para-hydroxylation sites is 1. The van der Waals surface area contributed by atoms with Crippen LogP contribution in [0.4, 0.5) is 5.69 Å². The molecule has 0 saturated carbocycles. The predicted octanol–water partition coefficient (Wildman–Crippen LogP) is 2.14. The molecule has 26 heavy (non-hydrogen) atoms. The molecule has 1 aliphatic rings. The van der Waals surface area contributed by atoms with Crippen molar-refractivity contribution in [1.82, 2.24) is 9.88 Å². The molecule has 0 aliphatic carbocycles. The van der Waals surface area contributed by atoms with Crippen LogP contribution in [0.15, 0.2) is 48.7 Å². The van der Waals surface area contributed by atoms with Crippen LogP contribution in [-0.4, -0.2) is 49.7 Å². The van der Waals surface area contributed by atoms with E-state index in [0.717, 1.165) is 0 Å². The Labute approximate surface area is 153 Å². The average Bonchev–Trinajstić information content (AvgIpc) is 2.68. The van der Waals surface area contributed by atoms with Gasteiger partial charge in [0.2, 0.25) is 15.9 Å². The van der Waals surface area contributed by atoms with Gasteiger partial charge in [-0.05, 0) is 31.0 Å². The lowest BCUT2D eigenvalue weighted by molar-refractivity contribution is 0.0726. The first kappa shape index (κ1) is 18.2. The van der Waals surface area contributed by atoms with Crippen molar-refractivity contribution in [1.29, 1.82) is 0 Å². The Morgan fingerprint density at radius 3 is 2.65 bits per heavy atom. The van der Waals surface area contributed by atoms with Crippen LogP contribution in [0, 0.1) is 0 Å². The van der Waals surface area contributed by atoms with E-state index >= 15 is 0 Å². The summed E-state index contributed by atoms with van der Waals surface area (Å²) in [5, 5.41) is -0.647. The number of methoxy groups -OCH3 is 1. The Morgan fingerprint density at radius 1 is 1.23 bits per heavy atom. The third kappa shape index (κ3) is 4.13. The van der Waals surface area contributed by atoms with Gasteiger partial charge in [-0.1, -0.05) is 18.2 Å². The van der Waals surface area contributed by atoms with Crippen molar-refractivity contribution in [3.8, 4) is 5.88 Å². The van der Waals surface area contributed by atoms with E-state index in [1.807, 2.05) is 6.07 Å². The first-order valence-electron chi connectivity index (χ1n) is 8.35. The van der Waals surface area contributed by atoms with Gasteiger partial charge in [0, 0.05) is 31.0 Å². The smallest absolute Gasteiger partial charge is 0.255 e. The van der Waals surface area contributed by atoms with E-state index in [1.165, 1.54) is 13.3 Å². The lowest BCUT2D eigenvalue weighted by Crippen LogP contribution is -2.46. The van der Waals surface area contributed by atoms with Gasteiger partial charge in [0.15, 0.2) is 0 Å². The minimum atomic E-state index is -3.58. The van der Waals surface area contributed by atoms with Crippen molar-refractivity contribution < 1.29 is 17.9 Å². The maximum absolute atomic E-state index is 12.7. The number of anilines is 1. The molecule has 1 fully saturated rings. The predicted molar refractivity (Wildman–Crippen MR) is 98.7 cm³/mol. The van der Waals surface area contributed by atoms with Gasteiger partial charge in [-0.3, -0.25) is 9.52 Å². The van der Waals surface area contributed by atoms with Crippen molar-refractivity contribution in [2.75, 3.05) is 24.9 Å². The molecule has 1 aromatic heterocycles. The summed E-state index contributed by atoms with van der Waals surface area (Å²) in [6.07, 6.45) is 2.60. The molecule has 2 heterocycles. The molecular formula is C18H21N3O4S. The number of sulfonamides is 1. The number of benzene rings is 1. The van der Waals surface area contributed by atoms with Crippen LogP contribution < -0.4 is 9.46 Å². The van der Waals surface area contributed by atoms with Crippen LogP contribution in [-0.2, 0) is 10.0 Å². The van der Waals surface area contributed by atoms with Gasteiger partial charge in [0.25, 0.3) is 5.91 Å². The Hall–Kier alpha value is -2.61. The first-order valence-corrected chi connectivity index (χ1v) is 9.90. The second kappa shape index (κ2) is 7.74. The van der Waals surface area contributed by atoms with Crippen molar-refractivity contribution in [2.45, 2.75) is 18.1 Å². The normalized spacial score (nSPS) is 17.6. The van der Waals surface area contributed by atoms with Crippen LogP contribution in [0.5, 0.6) is 5.88 Å². The maximum Gasteiger partial charge on any atom is 0.255 e. The SMILES string of the molecule is COc1ccc(C(=O)N2CCCC(S(=O)(=O)Nc3ccccc3)C2)cn1. The van der Waals surface area contributed by atoms with Gasteiger partial charge in [0.05, 0.1) is 17.9 Å². The van der Waals surface area contributed by atoms with Gasteiger partial charge in [-0.2, -0.15) is 0 Å². The number of ether oxygens (including phenoxy) is 1. The molecule has 2 aromatic rings. The molecule has 8 heteroatoms. The molecule has 3 rings (SSSR count). The van der Waals surface area contributed by atoms with E-state index in [0.29, 0.717) is 36.5 Å². The Balaban J connectivity index is 1.70. The van der Waals surface area contributed by atoms with E-state index in [-0.39, 0.29) is 12.5 Å². The fourth-order valence-electron chi connectivity index (χ4n) is 2.94. The van der Waals surface area contributed by atoms with Gasteiger partial charge in [0.1, 0.15) is 0 Å². The molecular weight excluding hydrogens is 354 g/mol. The van der Waals surface area contributed by atoms with Crippen molar-refractivity contribution in [3.05, 3.63) is 54.2 Å². The fraction of sp³-hybridized carbons (Fsp3) is 0.333. The number of hydrogen-bond acceptors (Lipinski definition) is 5. The summed E-state index contributed by atoms with van der Waals surface area (Å²) in [6, 6.07) is 12.0. The van der Waals surface area contributed by atoms with E-state index in [2.05, 4.69) is 9.71 Å². The monoisotopic (exact) mass is 375 g/mol. The van der Waals surface area contributed by atoms with Crippen LogP contribution in [0.1, 0.15) is 23.2 Å². The lowest BCUT2D eigenvalue weighted by Gasteiger charge is -2.32. The summed E-state index contributed by atoms with van der Waals surface area (Å²) in [7, 11) is -2.07. The Kier molecular flexibility index (Phi) is 5.41. The molecule has 0 spiro atoms. The quantitative estimate of drug-likeness (QED) is 0.865. The zero-order chi connectivity index (χ0) is 18.6. The second-order valence-corrected chi connectivity index (χ2v) is 8.08. The molecule has 1 amide bonds. The summed E-state index contributed by atoms with van der Waals surface area (Å²) in [6.45, 7) is 0.690. The van der Waals surface area contributed by atoms with Crippen LogP contribution in [0.3, 0.4) is 0 Å². The van der Waals surface area contributed by atoms with Gasteiger partial charge in [-0.15, -0.1) is 0 Å². The summed E-state index contributed by atoms with van der Waals surface area (Å²) in [4.78, 5) is 18.3. The number of amides is 1. The standard InChI is InChI=1S/C18H21N3O4S/c1-25-17-10-9-14(12-19-17)18(22)21-11-5-8-16(13-21)26(23,24)20-15-6-3-2-4-7-15/h2-4,6-7,9-10,12,16,20H,5,8,11,13H2,1H3. The summed E-state index contributed by atoms with van der Waals surface area (Å²) in [5.74, 6) is 0.201. The van der Waals surface area contributed by atoms with E-state index in [9.17, 15) is 13.2 Å². The number of carbonyl (C=O) groups is 1. The van der Waals surface area contributed by atoms with Crippen molar-refractivity contribution in [2.24, 2.45) is 0 Å². The van der Waals surface area contributed by atoms with Crippen LogP contribution in [0.2, 0.25) is 0 Å². The molecule has 1 N–H and O–H groups in total. The topological polar surface area (TPSA) is 88.6 Å². The summed E-state index contributed by atoms with van der Waals surface area (Å²) in [5.41, 5.74) is 0.940. The number of pyridine rings is 1. The largest absolute Gasteiger partial charge is 0.481 e. The third-order valence-electron chi connectivity index (χ3n) is 4.33. The molecule has 7 nitrogen and oxygen atoms in total. The number of piperidine rings is 1. The number of aromatic nitrogens is 1. The minimum Gasteiger partial charge on any atom is -0.481 e. The maximum atomic E-state index is 12.7. The Bertz CT molecular complexity index is 854. The van der Waals surface area contributed by atoms with Crippen LogP contribution in [0.25, 0.3) is 0 Å². The highest BCUT2D eigenvalue weighted by Crippen LogP contribution is 2.21. The zero-order valence-corrected chi connectivity index (χ0v) is 15.3. The van der Waals surface area contributed by atoms with Gasteiger partial charge >= 0.3 is 0 Å². The first-order chi connectivity index (χ1) is 12.5. The summed E-state index contributed by atoms with van der Waals surface area (Å²) < 4.78 is 32.9. The number of rotatable bonds is 5. The highest BCUT2D eigenvalue weighted by atomic mass is 32.2. The molecule has 138 valence electrons. The summed E-state index contributed by atoms with van der Waals surface area (Å²) >= 11 is 0. The highest BCUT2D eigenvalue weighted by Gasteiger charge is 2.33. The fourth-order valence-corrected chi connectivity index (χ4v) is 4.42. The van der Waals surface area contributed by atoms with Crippen LogP contribution >= 0.6 is 0 Å². The van der Waals surface area contributed by atoms with Gasteiger partial charge in [-0.25, -0.2) is 13.4 Å². The second-order valence-electron chi connectivity index (χ2n) is 6.12. The van der Waals surface area contributed by atoms with E-state index in [1.54, 1.807) is 41.3 Å². The van der Waals surface area contributed by atoms with Crippen molar-refractivity contribution >= 4 is 21.6 Å². The van der Waals surface area contributed by atoms with Crippen molar-refractivity contribution in [3.63, 3.8) is 0 Å². The molecule has 1 unspecified atom stereocenters. The van der Waals surface area contributed by atoms with Gasteiger partial charge < -0.3 is 9.64 Å². The molecule has 1 aliphatic heterocycles. The number of likely N-dealkylation sites (tertiary alicyclic amines) is 1. The molecule has 1 aromatic carbocycles. The molecule has 0 bridgehead atoms. The number of nitrogens with one attached hydrogen (secondary N) is 1. The minimum absolute atomic E-state index is 0.160. The van der Waals surface area contributed by atoms with E-state index in [4.69, 9.17) is 4.74 Å². The average molecular weight is 375 g/mol. The molecule has 0 radical (unpaired) electrons. The third-order valence-corrected chi connectivity index (χ3v) is 6.11. The number of hydrogen-bond donors (Lipinski definition) is 1. The molecule has 1 saturated heterocycles. The lowest BCUT2D eigenvalue weighted by atomic mass is 10.1. The Morgan fingerprint density at radius 2 is 2.00 bits per heavy atom.